The Labute approximate surface area is 126 Å². The summed E-state index contributed by atoms with van der Waals surface area (Å²) in [5.74, 6) is 0.354. The van der Waals surface area contributed by atoms with Gasteiger partial charge in [-0.1, -0.05) is 23.7 Å². The van der Waals surface area contributed by atoms with E-state index in [4.69, 9.17) is 16.3 Å². The second-order valence-electron chi connectivity index (χ2n) is 4.37. The summed E-state index contributed by atoms with van der Waals surface area (Å²) in [6, 6.07) is 11.0. The number of hydrogen-bond acceptors (Lipinski definition) is 4. The summed E-state index contributed by atoms with van der Waals surface area (Å²) >= 11 is 5.73. The summed E-state index contributed by atoms with van der Waals surface area (Å²) in [4.78, 5) is 22.6. The molecule has 0 fully saturated rings. The molecule has 0 bridgehead atoms. The summed E-state index contributed by atoms with van der Waals surface area (Å²) in [6.07, 6.45) is 0.0759. The number of halogens is 1. The molecule has 0 amide bonds. The van der Waals surface area contributed by atoms with E-state index in [2.05, 4.69) is 0 Å². The van der Waals surface area contributed by atoms with Crippen molar-refractivity contribution in [2.45, 2.75) is 6.42 Å². The van der Waals surface area contributed by atoms with E-state index in [9.17, 15) is 14.9 Å². The van der Waals surface area contributed by atoms with Crippen LogP contribution in [0.25, 0.3) is 0 Å². The Morgan fingerprint density at radius 2 is 1.90 bits per heavy atom. The lowest BCUT2D eigenvalue weighted by Crippen LogP contribution is -2.07. The van der Waals surface area contributed by atoms with Crippen LogP contribution in [-0.2, 0) is 6.42 Å². The summed E-state index contributed by atoms with van der Waals surface area (Å²) in [7, 11) is 1.55. The molecule has 0 heterocycles. The van der Waals surface area contributed by atoms with E-state index in [0.29, 0.717) is 5.75 Å². The van der Waals surface area contributed by atoms with E-state index in [0.717, 1.165) is 5.56 Å². The van der Waals surface area contributed by atoms with Crippen LogP contribution in [0.1, 0.15) is 15.9 Å². The fourth-order valence-corrected chi connectivity index (χ4v) is 2.08. The van der Waals surface area contributed by atoms with Crippen molar-refractivity contribution in [3.63, 3.8) is 0 Å². The SMILES string of the molecule is COc1ccc(CC(=O)c2ccc(Cl)cc2[N+](=O)[O-])cc1. The molecule has 6 heteroatoms. The summed E-state index contributed by atoms with van der Waals surface area (Å²) in [6.45, 7) is 0. The number of Topliss-reactive ketones (excluding diaryl/α,β-unsaturated/α-hetero) is 1. The van der Waals surface area contributed by atoms with Gasteiger partial charge in [-0.2, -0.15) is 0 Å². The molecule has 0 aliphatic carbocycles. The van der Waals surface area contributed by atoms with Crippen LogP contribution in [0.2, 0.25) is 5.02 Å². The molecule has 0 aliphatic rings. The third-order valence-electron chi connectivity index (χ3n) is 2.98. The van der Waals surface area contributed by atoms with Crippen LogP contribution in [-0.4, -0.2) is 17.8 Å². The molecule has 21 heavy (non-hydrogen) atoms. The Bertz CT molecular complexity index is 683. The van der Waals surface area contributed by atoms with Gasteiger partial charge in [0.25, 0.3) is 5.69 Å². The molecule has 0 unspecified atom stereocenters. The number of carbonyl (C=O) groups is 1. The van der Waals surface area contributed by atoms with Crippen LogP contribution >= 0.6 is 11.6 Å². The van der Waals surface area contributed by atoms with E-state index in [1.807, 2.05) is 0 Å². The van der Waals surface area contributed by atoms with Gasteiger partial charge in [0.15, 0.2) is 5.78 Å². The average Bonchev–Trinajstić information content (AvgIpc) is 2.47. The highest BCUT2D eigenvalue weighted by Gasteiger charge is 2.20. The van der Waals surface area contributed by atoms with E-state index < -0.39 is 4.92 Å². The predicted molar refractivity (Wildman–Crippen MR) is 79.1 cm³/mol. The van der Waals surface area contributed by atoms with Crippen molar-refractivity contribution in [2.75, 3.05) is 7.11 Å². The van der Waals surface area contributed by atoms with Gasteiger partial charge in [0, 0.05) is 17.5 Å². The molecular formula is C15H12ClNO4. The molecule has 0 radical (unpaired) electrons. The average molecular weight is 306 g/mol. The molecule has 0 atom stereocenters. The molecule has 5 nitrogen and oxygen atoms in total. The summed E-state index contributed by atoms with van der Waals surface area (Å²) in [5.41, 5.74) is 0.534. The van der Waals surface area contributed by atoms with Crippen LogP contribution < -0.4 is 4.74 Å². The molecule has 2 aromatic rings. The summed E-state index contributed by atoms with van der Waals surface area (Å²) in [5, 5.41) is 11.2. The molecule has 0 saturated carbocycles. The van der Waals surface area contributed by atoms with Gasteiger partial charge in [-0.25, -0.2) is 0 Å². The number of nitro groups is 1. The van der Waals surface area contributed by atoms with Crippen molar-refractivity contribution in [1.82, 2.24) is 0 Å². The van der Waals surface area contributed by atoms with Crippen LogP contribution in [0.4, 0.5) is 5.69 Å². The fourth-order valence-electron chi connectivity index (χ4n) is 1.92. The van der Waals surface area contributed by atoms with Crippen LogP contribution in [0.15, 0.2) is 42.5 Å². The summed E-state index contributed by atoms with van der Waals surface area (Å²) < 4.78 is 5.03. The van der Waals surface area contributed by atoms with E-state index in [1.165, 1.54) is 18.2 Å². The molecular weight excluding hydrogens is 294 g/mol. The number of ketones is 1. The number of nitro benzene ring substituents is 1. The highest BCUT2D eigenvalue weighted by Crippen LogP contribution is 2.25. The molecule has 0 spiro atoms. The van der Waals surface area contributed by atoms with E-state index in [1.54, 1.807) is 31.4 Å². The Hall–Kier alpha value is -2.40. The maximum atomic E-state index is 12.2. The molecule has 2 rings (SSSR count). The van der Waals surface area contributed by atoms with Crippen molar-refractivity contribution < 1.29 is 14.5 Å². The Morgan fingerprint density at radius 1 is 1.24 bits per heavy atom. The monoisotopic (exact) mass is 305 g/mol. The maximum absolute atomic E-state index is 12.2. The first-order chi connectivity index (χ1) is 10.0. The van der Waals surface area contributed by atoms with Gasteiger partial charge in [0.2, 0.25) is 0 Å². The van der Waals surface area contributed by atoms with Crippen molar-refractivity contribution in [3.8, 4) is 5.75 Å². The van der Waals surface area contributed by atoms with Crippen molar-refractivity contribution in [3.05, 3.63) is 68.7 Å². The topological polar surface area (TPSA) is 69.4 Å². The van der Waals surface area contributed by atoms with Crippen LogP contribution in [0, 0.1) is 10.1 Å². The van der Waals surface area contributed by atoms with Crippen molar-refractivity contribution >= 4 is 23.1 Å². The normalized spacial score (nSPS) is 10.2. The quantitative estimate of drug-likeness (QED) is 0.480. The number of methoxy groups -OCH3 is 1. The maximum Gasteiger partial charge on any atom is 0.281 e. The Morgan fingerprint density at radius 3 is 2.48 bits per heavy atom. The second-order valence-corrected chi connectivity index (χ2v) is 4.80. The molecule has 0 aliphatic heterocycles. The minimum absolute atomic E-state index is 0.0558. The molecule has 0 aromatic heterocycles. The van der Waals surface area contributed by atoms with Crippen LogP contribution in [0.5, 0.6) is 5.75 Å². The number of ether oxygens (including phenoxy) is 1. The Balaban J connectivity index is 2.25. The van der Waals surface area contributed by atoms with Gasteiger partial charge < -0.3 is 4.74 Å². The highest BCUT2D eigenvalue weighted by molar-refractivity contribution is 6.31. The minimum atomic E-state index is -0.604. The van der Waals surface area contributed by atoms with E-state index in [-0.39, 0.29) is 28.5 Å². The molecule has 2 aromatic carbocycles. The third kappa shape index (κ3) is 3.58. The first kappa shape index (κ1) is 15.0. The van der Waals surface area contributed by atoms with Gasteiger partial charge >= 0.3 is 0 Å². The molecule has 108 valence electrons. The van der Waals surface area contributed by atoms with Crippen molar-refractivity contribution in [2.24, 2.45) is 0 Å². The van der Waals surface area contributed by atoms with Gasteiger partial charge in [0.05, 0.1) is 17.6 Å². The minimum Gasteiger partial charge on any atom is -0.497 e. The number of rotatable bonds is 5. The Kier molecular flexibility index (Phi) is 4.55. The van der Waals surface area contributed by atoms with Gasteiger partial charge in [-0.15, -0.1) is 0 Å². The molecule has 0 saturated heterocycles. The van der Waals surface area contributed by atoms with Crippen molar-refractivity contribution in [1.29, 1.82) is 0 Å². The number of carbonyl (C=O) groups excluding carboxylic acids is 1. The van der Waals surface area contributed by atoms with Gasteiger partial charge in [0.1, 0.15) is 5.75 Å². The standard InChI is InChI=1S/C15H12ClNO4/c1-21-12-5-2-10(3-6-12)8-15(18)13-7-4-11(16)9-14(13)17(19)20/h2-7,9H,8H2,1H3. The predicted octanol–water partition coefficient (Wildman–Crippen LogP) is 3.68. The number of benzene rings is 2. The largest absolute Gasteiger partial charge is 0.497 e. The van der Waals surface area contributed by atoms with Crippen LogP contribution in [0.3, 0.4) is 0 Å². The lowest BCUT2D eigenvalue weighted by atomic mass is 10.0. The zero-order valence-corrected chi connectivity index (χ0v) is 12.0. The lowest BCUT2D eigenvalue weighted by molar-refractivity contribution is -0.385. The first-order valence-electron chi connectivity index (χ1n) is 6.11. The highest BCUT2D eigenvalue weighted by atomic mass is 35.5. The smallest absolute Gasteiger partial charge is 0.281 e. The third-order valence-corrected chi connectivity index (χ3v) is 3.22. The molecule has 0 N–H and O–H groups in total. The number of nitrogens with zero attached hydrogens (tertiary/aromatic N) is 1. The van der Waals surface area contributed by atoms with Gasteiger partial charge in [-0.05, 0) is 29.8 Å². The zero-order chi connectivity index (χ0) is 15.4. The van der Waals surface area contributed by atoms with E-state index >= 15 is 0 Å². The lowest BCUT2D eigenvalue weighted by Gasteiger charge is -2.04. The number of hydrogen-bond donors (Lipinski definition) is 0. The zero-order valence-electron chi connectivity index (χ0n) is 11.2. The second kappa shape index (κ2) is 6.37. The first-order valence-corrected chi connectivity index (χ1v) is 6.49. The van der Waals surface area contributed by atoms with Gasteiger partial charge in [-0.3, -0.25) is 14.9 Å². The fraction of sp³-hybridized carbons (Fsp3) is 0.133.